The minimum Gasteiger partial charge on any atom is -0.316 e. The Morgan fingerprint density at radius 3 is 1.11 bits per heavy atom. The molecule has 0 saturated heterocycles. The molecule has 2 rings (SSSR count). The van der Waals surface area contributed by atoms with Gasteiger partial charge in [0.2, 0.25) is 0 Å². The molecule has 0 aliphatic rings. The lowest BCUT2D eigenvalue weighted by Gasteiger charge is -2.07. The van der Waals surface area contributed by atoms with Crippen molar-refractivity contribution < 1.29 is 0 Å². The van der Waals surface area contributed by atoms with Gasteiger partial charge in [0.1, 0.15) is 0 Å². The fourth-order valence-electron chi connectivity index (χ4n) is 4.31. The largest absolute Gasteiger partial charge is 0.316 e. The third kappa shape index (κ3) is 20.9. The molecule has 2 aromatic rings. The number of hydrogen-bond donors (Lipinski definition) is 4. The lowest BCUT2D eigenvalue weighted by atomic mass is 10.1. The van der Waals surface area contributed by atoms with E-state index in [9.17, 15) is 0 Å². The van der Waals surface area contributed by atoms with Gasteiger partial charge >= 0.3 is 0 Å². The van der Waals surface area contributed by atoms with Crippen LogP contribution in [0.5, 0.6) is 0 Å². The number of nitrogens with one attached hydrogen (secondary N) is 4. The van der Waals surface area contributed by atoms with Gasteiger partial charge in [0, 0.05) is 37.7 Å². The van der Waals surface area contributed by atoms with Gasteiger partial charge < -0.3 is 21.3 Å². The Balaban J connectivity index is 1.16. The van der Waals surface area contributed by atoms with Crippen molar-refractivity contribution in [3.8, 4) is 0 Å². The maximum atomic E-state index is 3.60. The summed E-state index contributed by atoms with van der Waals surface area (Å²) in [4.78, 5) is 0. The van der Waals surface area contributed by atoms with Crippen LogP contribution in [-0.4, -0.2) is 50.8 Å². The first kappa shape index (κ1) is 33.2. The summed E-state index contributed by atoms with van der Waals surface area (Å²) in [5, 5.41) is 14.3. The first-order valence-electron chi connectivity index (χ1n) is 15.1. The minimum absolute atomic E-state index is 0.993. The van der Waals surface area contributed by atoms with E-state index >= 15 is 0 Å². The van der Waals surface area contributed by atoms with Gasteiger partial charge in [0.15, 0.2) is 0 Å². The van der Waals surface area contributed by atoms with E-state index < -0.39 is 0 Å². The highest BCUT2D eigenvalue weighted by atomic mass is 33.1. The maximum absolute atomic E-state index is 3.60. The predicted molar refractivity (Wildman–Crippen MR) is 173 cm³/mol. The van der Waals surface area contributed by atoms with Crippen LogP contribution in [0.2, 0.25) is 0 Å². The van der Waals surface area contributed by atoms with Crippen molar-refractivity contribution in [3.05, 3.63) is 71.8 Å². The van der Waals surface area contributed by atoms with E-state index in [0.717, 1.165) is 39.3 Å². The molecule has 0 amide bonds. The van der Waals surface area contributed by atoms with E-state index in [4.69, 9.17) is 0 Å². The Hall–Kier alpha value is -1.02. The Bertz CT molecular complexity index is 669. The molecule has 4 nitrogen and oxygen atoms in total. The highest BCUT2D eigenvalue weighted by Crippen LogP contribution is 2.19. The molecule has 0 aliphatic carbocycles. The van der Waals surface area contributed by atoms with Crippen molar-refractivity contribution in [2.75, 3.05) is 50.8 Å². The Labute approximate surface area is 242 Å². The van der Waals surface area contributed by atoms with Crippen LogP contribution in [0.15, 0.2) is 60.7 Å². The summed E-state index contributed by atoms with van der Waals surface area (Å²) < 4.78 is 0. The molecule has 0 unspecified atom stereocenters. The lowest BCUT2D eigenvalue weighted by Crippen LogP contribution is -2.19. The van der Waals surface area contributed by atoms with Crippen molar-refractivity contribution >= 4 is 21.6 Å². The molecule has 214 valence electrons. The van der Waals surface area contributed by atoms with Crippen LogP contribution < -0.4 is 21.3 Å². The average molecular weight is 559 g/mol. The van der Waals surface area contributed by atoms with Crippen LogP contribution in [0.1, 0.15) is 75.3 Å². The molecule has 0 aromatic heterocycles. The zero-order chi connectivity index (χ0) is 26.6. The molecule has 2 aromatic carbocycles. The van der Waals surface area contributed by atoms with Gasteiger partial charge in [-0.15, -0.1) is 0 Å². The van der Waals surface area contributed by atoms with E-state index in [0.29, 0.717) is 0 Å². The maximum Gasteiger partial charge on any atom is 0.0205 e. The molecule has 38 heavy (non-hydrogen) atoms. The summed E-state index contributed by atoms with van der Waals surface area (Å²) in [7, 11) is 4.02. The second-order valence-corrected chi connectivity index (χ2v) is 12.7. The van der Waals surface area contributed by atoms with Gasteiger partial charge in [-0.2, -0.15) is 0 Å². The second-order valence-electron chi connectivity index (χ2n) is 10.0. The molecule has 0 aliphatic heterocycles. The van der Waals surface area contributed by atoms with E-state index in [1.54, 1.807) is 0 Å². The summed E-state index contributed by atoms with van der Waals surface area (Å²) in [6, 6.07) is 21.3. The van der Waals surface area contributed by atoms with Gasteiger partial charge in [-0.1, -0.05) is 121 Å². The van der Waals surface area contributed by atoms with Crippen LogP contribution in [-0.2, 0) is 13.1 Å². The summed E-state index contributed by atoms with van der Waals surface area (Å²) in [5.74, 6) is 2.41. The molecule has 0 heterocycles. The first-order chi connectivity index (χ1) is 18.9. The molecule has 0 saturated carbocycles. The zero-order valence-electron chi connectivity index (χ0n) is 23.7. The molecule has 0 spiro atoms. The van der Waals surface area contributed by atoms with E-state index in [2.05, 4.69) is 81.9 Å². The van der Waals surface area contributed by atoms with E-state index in [1.165, 1.54) is 99.9 Å². The molecule has 0 bridgehead atoms. The summed E-state index contributed by atoms with van der Waals surface area (Å²) >= 11 is 0. The SMILES string of the molecule is c1ccc(CNCCCCCCCNCCSSCCNCCCCCCCNCc2ccccc2)cc1. The van der Waals surface area contributed by atoms with Crippen molar-refractivity contribution in [3.63, 3.8) is 0 Å². The number of hydrogen-bond acceptors (Lipinski definition) is 6. The van der Waals surface area contributed by atoms with Crippen LogP contribution in [0.25, 0.3) is 0 Å². The Morgan fingerprint density at radius 1 is 0.368 bits per heavy atom. The van der Waals surface area contributed by atoms with Gasteiger partial charge in [-0.25, -0.2) is 0 Å². The predicted octanol–water partition coefficient (Wildman–Crippen LogP) is 7.03. The normalized spacial score (nSPS) is 11.3. The summed E-state index contributed by atoms with van der Waals surface area (Å²) in [6.07, 6.45) is 13.3. The molecule has 6 heteroatoms. The number of unbranched alkanes of at least 4 members (excludes halogenated alkanes) is 8. The fraction of sp³-hybridized carbons (Fsp3) is 0.625. The molecule has 0 atom stereocenters. The van der Waals surface area contributed by atoms with Gasteiger partial charge in [0.25, 0.3) is 0 Å². The van der Waals surface area contributed by atoms with Crippen molar-refractivity contribution in [2.45, 2.75) is 77.3 Å². The molecule has 0 radical (unpaired) electrons. The summed E-state index contributed by atoms with van der Waals surface area (Å²) in [6.45, 7) is 8.86. The standard InChI is InChI=1S/C32H54N4S2/c1(5-15-23-35-29-31-17-9-7-10-18-31)3-13-21-33-25-27-37-38-28-26-34-22-14-4-2-6-16-24-36-30-32-19-11-8-12-20-32/h7-12,17-20,33-36H,1-6,13-16,21-30H2. The van der Waals surface area contributed by atoms with Gasteiger partial charge in [0.05, 0.1) is 0 Å². The first-order valence-corrected chi connectivity index (χ1v) is 17.6. The molecular weight excluding hydrogens is 505 g/mol. The van der Waals surface area contributed by atoms with Crippen LogP contribution in [0.4, 0.5) is 0 Å². The average Bonchev–Trinajstić information content (AvgIpc) is 2.96. The number of rotatable bonds is 27. The second kappa shape index (κ2) is 26.2. The van der Waals surface area contributed by atoms with Crippen molar-refractivity contribution in [1.29, 1.82) is 0 Å². The smallest absolute Gasteiger partial charge is 0.0205 e. The van der Waals surface area contributed by atoms with Crippen LogP contribution in [0.3, 0.4) is 0 Å². The Morgan fingerprint density at radius 2 is 0.711 bits per heavy atom. The van der Waals surface area contributed by atoms with Crippen molar-refractivity contribution in [1.82, 2.24) is 21.3 Å². The van der Waals surface area contributed by atoms with Crippen molar-refractivity contribution in [2.24, 2.45) is 0 Å². The highest BCUT2D eigenvalue weighted by molar-refractivity contribution is 8.76. The highest BCUT2D eigenvalue weighted by Gasteiger charge is 1.96. The molecule has 4 N–H and O–H groups in total. The number of benzene rings is 2. The third-order valence-electron chi connectivity index (χ3n) is 6.57. The monoisotopic (exact) mass is 558 g/mol. The van der Waals surface area contributed by atoms with Crippen LogP contribution in [0, 0.1) is 0 Å². The third-order valence-corrected chi connectivity index (χ3v) is 8.97. The minimum atomic E-state index is 0.993. The topological polar surface area (TPSA) is 48.1 Å². The molecular formula is C32H54N4S2. The van der Waals surface area contributed by atoms with E-state index in [1.807, 2.05) is 21.6 Å². The van der Waals surface area contributed by atoms with Crippen LogP contribution >= 0.6 is 21.6 Å². The molecule has 0 fully saturated rings. The van der Waals surface area contributed by atoms with Gasteiger partial charge in [-0.3, -0.25) is 0 Å². The quantitative estimate of drug-likeness (QED) is 0.0698. The van der Waals surface area contributed by atoms with Gasteiger partial charge in [-0.05, 0) is 63.0 Å². The Kier molecular flexibility index (Phi) is 22.9. The zero-order valence-corrected chi connectivity index (χ0v) is 25.4. The lowest BCUT2D eigenvalue weighted by molar-refractivity contribution is 0.561. The van der Waals surface area contributed by atoms with E-state index in [-0.39, 0.29) is 0 Å². The summed E-state index contributed by atoms with van der Waals surface area (Å²) in [5.41, 5.74) is 2.76. The fourth-order valence-corrected chi connectivity index (χ4v) is 6.21.